The number of allylic oxidation sites excluding steroid dienone is 16. The van der Waals surface area contributed by atoms with E-state index in [-0.39, 0.29) is 227 Å². The first kappa shape index (κ1) is 86.5. The van der Waals surface area contributed by atoms with Gasteiger partial charge >= 0.3 is 0 Å². The second kappa shape index (κ2) is 38.3. The van der Waals surface area contributed by atoms with Crippen molar-refractivity contribution in [3.05, 3.63) is 280 Å². The molecule has 0 fully saturated rings. The third-order valence-corrected chi connectivity index (χ3v) is 15.5. The van der Waals surface area contributed by atoms with E-state index in [2.05, 4.69) is 21.3 Å². The monoisotopic (exact) mass is 1450 g/mol. The quantitative estimate of drug-likeness (QED) is 0.0735. The van der Waals surface area contributed by atoms with Crippen molar-refractivity contribution in [3.8, 4) is 0 Å². The molecule has 16 nitrogen and oxygen atoms in total. The van der Waals surface area contributed by atoms with Crippen molar-refractivity contribution < 1.29 is 151 Å². The van der Waals surface area contributed by atoms with Crippen LogP contribution in [0.25, 0.3) is 0 Å². The number of benzene rings is 4. The van der Waals surface area contributed by atoms with Crippen LogP contribution in [0.1, 0.15) is 157 Å². The fourth-order valence-corrected chi connectivity index (χ4v) is 10.4. The van der Waals surface area contributed by atoms with Crippen LogP contribution in [0.15, 0.2) is 187 Å². The Morgan fingerprint density at radius 2 is 0.381 bits per heavy atom. The van der Waals surface area contributed by atoms with Crippen molar-refractivity contribution >= 4 is 22.7 Å². The average Bonchev–Trinajstić information content (AvgIpc) is 3.37. The summed E-state index contributed by atoms with van der Waals surface area (Å²) in [7, 11) is 0. The Hall–Kier alpha value is -3.98. The number of rotatable bonds is 8. The summed E-state index contributed by atoms with van der Waals surface area (Å²) >= 11 is 0. The average molecular weight is 1450 g/mol. The van der Waals surface area contributed by atoms with Gasteiger partial charge in [-0.05, 0) is 155 Å². The molecule has 4 aliphatic heterocycles. The number of para-hydroxylation sites is 4. The van der Waals surface area contributed by atoms with Crippen molar-refractivity contribution in [3.63, 3.8) is 0 Å². The van der Waals surface area contributed by atoms with Gasteiger partial charge in [-0.3, -0.25) is 40.5 Å². The molecule has 4 aromatic carbocycles. The molecular formula is C64H84N8O8Y4-4. The largest absolute Gasteiger partial charge is 0.363 e. The fraction of sp³-hybridized carbons (Fsp3) is 0.312. The van der Waals surface area contributed by atoms with Gasteiger partial charge in [0.25, 0.3) is 22.7 Å². The summed E-state index contributed by atoms with van der Waals surface area (Å²) in [5, 5.41) is 58.1. The van der Waals surface area contributed by atoms with Crippen LogP contribution in [0.4, 0.5) is 22.7 Å². The smallest absolute Gasteiger partial charge is 0.273 e. The summed E-state index contributed by atoms with van der Waals surface area (Å²) in [4.78, 5) is 43.6. The van der Waals surface area contributed by atoms with Gasteiger partial charge in [-0.25, -0.2) is 0 Å². The third-order valence-electron chi connectivity index (χ3n) is 15.5. The van der Waals surface area contributed by atoms with E-state index in [0.717, 1.165) is 112 Å². The van der Waals surface area contributed by atoms with Crippen LogP contribution in [0.3, 0.4) is 0 Å². The molecule has 0 atom stereocenters. The molecule has 0 amide bonds. The summed E-state index contributed by atoms with van der Waals surface area (Å²) in [6.07, 6.45) is 0. The molecule has 0 unspecified atom stereocenters. The van der Waals surface area contributed by atoms with Crippen molar-refractivity contribution in [2.24, 2.45) is 0 Å². The van der Waals surface area contributed by atoms with Crippen molar-refractivity contribution in [2.75, 3.05) is 0 Å². The molecule has 4 aromatic rings. The van der Waals surface area contributed by atoms with E-state index in [0.29, 0.717) is 0 Å². The molecular weight excluding hydrogens is 1360 g/mol. The Labute approximate surface area is 601 Å². The van der Waals surface area contributed by atoms with E-state index in [1.54, 1.807) is 48.5 Å². The summed E-state index contributed by atoms with van der Waals surface area (Å²) < 4.78 is 0. The normalized spacial score (nSPS) is 15.0. The number of nitro groups is 4. The molecule has 4 radical (unpaired) electrons. The zero-order valence-electron chi connectivity index (χ0n) is 52.9. The maximum absolute atomic E-state index is 11.2. The van der Waals surface area contributed by atoms with Crippen molar-refractivity contribution in [1.29, 1.82) is 0 Å². The molecule has 0 spiro atoms. The molecule has 84 heavy (non-hydrogen) atoms. The summed E-state index contributed by atoms with van der Waals surface area (Å²) in [5.41, 5.74) is 21.5. The van der Waals surface area contributed by atoms with Gasteiger partial charge in [-0.1, -0.05) is 72.8 Å². The van der Waals surface area contributed by atoms with Gasteiger partial charge in [0, 0.05) is 247 Å². The van der Waals surface area contributed by atoms with Crippen molar-refractivity contribution in [1.82, 2.24) is 21.3 Å². The Kier molecular flexibility index (Phi) is 39.4. The topological polar surface area (TPSA) is 221 Å². The Morgan fingerprint density at radius 3 is 0.500 bits per heavy atom. The van der Waals surface area contributed by atoms with Gasteiger partial charge in [0.05, 0.1) is 19.7 Å². The SMILES string of the molecule is CC1=C(C)C(c2ccccc2[N+](=O)[O-])C(C)=C(C)N1.CC1=C(C)C(c2ccccc2[N+](=O)[O-])C(C)=C(C)N1.CC1=C(C)C(c2ccccc2[N+](=O)[O-])C(C)=C(C)N1.CC1=C(C)C(c2ccccc2[N+](=O)[O-])C(C)=C(C)N1.[CH3-].[CH3-].[CH3-].[CH3-].[Y].[Y].[Y].[Y]. The predicted molar refractivity (Wildman–Crippen MR) is 329 cm³/mol. The Morgan fingerprint density at radius 1 is 0.262 bits per heavy atom. The van der Waals surface area contributed by atoms with E-state index in [1.165, 1.54) is 0 Å². The fourth-order valence-electron chi connectivity index (χ4n) is 10.4. The number of dihydropyridines is 4. The maximum Gasteiger partial charge on any atom is 0.273 e. The maximum atomic E-state index is 11.2. The molecule has 0 bridgehead atoms. The molecule has 0 saturated carbocycles. The van der Waals surface area contributed by atoms with Crippen molar-refractivity contribution in [2.45, 2.75) is 134 Å². The van der Waals surface area contributed by atoms with Crippen LogP contribution < -0.4 is 21.3 Å². The number of nitrogens with zero attached hydrogens (tertiary/aromatic N) is 4. The van der Waals surface area contributed by atoms with Crippen LogP contribution >= 0.6 is 0 Å². The van der Waals surface area contributed by atoms with Gasteiger partial charge in [-0.15, -0.1) is 0 Å². The molecule has 4 N–H and O–H groups in total. The Bertz CT molecular complexity index is 2760. The molecule has 444 valence electrons. The summed E-state index contributed by atoms with van der Waals surface area (Å²) in [6.45, 7) is 32.3. The second-order valence-corrected chi connectivity index (χ2v) is 20.0. The summed E-state index contributed by atoms with van der Waals surface area (Å²) in [6, 6.07) is 27.9. The number of nitrogens with one attached hydrogen (secondary N) is 4. The van der Waals surface area contributed by atoms with E-state index in [9.17, 15) is 40.5 Å². The molecule has 8 rings (SSSR count). The minimum Gasteiger partial charge on any atom is -0.363 e. The molecule has 20 heteroatoms. The van der Waals surface area contributed by atoms with Crippen LogP contribution in [0, 0.1) is 70.2 Å². The van der Waals surface area contributed by atoms with Gasteiger partial charge in [0.15, 0.2) is 0 Å². The van der Waals surface area contributed by atoms with E-state index in [1.807, 2.05) is 159 Å². The van der Waals surface area contributed by atoms with Crippen LogP contribution in [0.5, 0.6) is 0 Å². The van der Waals surface area contributed by atoms with E-state index in [4.69, 9.17) is 0 Å². The first-order valence-corrected chi connectivity index (χ1v) is 25.1. The molecule has 0 aromatic heterocycles. The van der Waals surface area contributed by atoms with Gasteiger partial charge < -0.3 is 51.0 Å². The van der Waals surface area contributed by atoms with Gasteiger partial charge in [0.1, 0.15) is 0 Å². The minimum atomic E-state index is -0.303. The van der Waals surface area contributed by atoms with Gasteiger partial charge in [0.2, 0.25) is 0 Å². The first-order chi connectivity index (χ1) is 35.7. The van der Waals surface area contributed by atoms with Crippen LogP contribution in [-0.4, -0.2) is 19.7 Å². The zero-order chi connectivity index (χ0) is 56.6. The van der Waals surface area contributed by atoms with Gasteiger partial charge in [-0.2, -0.15) is 0 Å². The Balaban J connectivity index is -0.000000492. The molecule has 0 saturated heterocycles. The second-order valence-electron chi connectivity index (χ2n) is 20.0. The van der Waals surface area contributed by atoms with E-state index < -0.39 is 0 Å². The van der Waals surface area contributed by atoms with E-state index >= 15 is 0 Å². The minimum absolute atomic E-state index is 0. The number of hydrogen-bond acceptors (Lipinski definition) is 12. The first-order valence-electron chi connectivity index (χ1n) is 25.1. The number of nitro benzene ring substituents is 4. The molecule has 0 aliphatic carbocycles. The molecule has 4 aliphatic rings. The number of hydrogen-bond donors (Lipinski definition) is 4. The van der Waals surface area contributed by atoms with Crippen LogP contribution in [-0.2, 0) is 131 Å². The zero-order valence-corrected chi connectivity index (χ0v) is 64.3. The van der Waals surface area contributed by atoms with Crippen LogP contribution in [0.2, 0.25) is 0 Å². The third kappa shape index (κ3) is 20.0. The molecule has 4 heterocycles. The predicted octanol–water partition coefficient (Wildman–Crippen LogP) is 17.3. The standard InChI is InChI=1S/4C15H18N2O2.4CH3.4Y/c4*1-9-11(3)16-12(4)10(2)15(9)13-7-5-6-8-14(13)17(18)19;;;;;;;;/h4*5-8,15-16H,1-4H3;4*1H3;;;;/q;;;;4*-1;;;;. The summed E-state index contributed by atoms with van der Waals surface area (Å²) in [5.74, 6) is -0.0450.